The molecule has 2 aromatic rings. The highest BCUT2D eigenvalue weighted by Gasteiger charge is 2.40. The Hall–Kier alpha value is -4.06. The quantitative estimate of drug-likeness (QED) is 0.388. The molecule has 0 unspecified atom stereocenters. The van der Waals surface area contributed by atoms with Crippen LogP contribution in [0.4, 0.5) is 29.3 Å². The number of aromatic nitrogens is 1. The topological polar surface area (TPSA) is 108 Å². The van der Waals surface area contributed by atoms with E-state index >= 15 is 0 Å². The van der Waals surface area contributed by atoms with Crippen molar-refractivity contribution in [2.75, 3.05) is 30.5 Å². The van der Waals surface area contributed by atoms with Crippen LogP contribution in [0.5, 0.6) is 11.6 Å². The maximum Gasteiger partial charge on any atom is 0.420 e. The van der Waals surface area contributed by atoms with Gasteiger partial charge in [-0.3, -0.25) is 4.79 Å². The molecule has 0 saturated carbocycles. The van der Waals surface area contributed by atoms with E-state index in [1.54, 1.807) is 52.0 Å². The fraction of sp³-hybridized carbons (Fsp3) is 0.393. The van der Waals surface area contributed by atoms with Crippen molar-refractivity contribution in [3.63, 3.8) is 0 Å². The van der Waals surface area contributed by atoms with Gasteiger partial charge in [0.1, 0.15) is 11.4 Å². The number of anilines is 2. The van der Waals surface area contributed by atoms with Gasteiger partial charge < -0.3 is 29.6 Å². The number of benzene rings is 1. The van der Waals surface area contributed by atoms with Gasteiger partial charge in [0.05, 0.1) is 37.2 Å². The molecule has 0 spiro atoms. The molecule has 2 heterocycles. The van der Waals surface area contributed by atoms with Crippen LogP contribution in [0, 0.1) is 0 Å². The second-order valence-corrected chi connectivity index (χ2v) is 9.78. The minimum absolute atomic E-state index is 0.0892. The van der Waals surface area contributed by atoms with Gasteiger partial charge in [0, 0.05) is 17.7 Å². The van der Waals surface area contributed by atoms with Crippen LogP contribution in [0.3, 0.4) is 0 Å². The third-order valence-electron chi connectivity index (χ3n) is 5.83. The third kappa shape index (κ3) is 6.92. The Morgan fingerprint density at radius 2 is 1.93 bits per heavy atom. The van der Waals surface area contributed by atoms with E-state index in [2.05, 4.69) is 15.6 Å². The van der Waals surface area contributed by atoms with E-state index in [4.69, 9.17) is 18.9 Å². The van der Waals surface area contributed by atoms with Crippen molar-refractivity contribution in [3.05, 3.63) is 59.5 Å². The summed E-state index contributed by atoms with van der Waals surface area (Å²) in [6, 6.07) is 5.68. The molecule has 0 radical (unpaired) electrons. The van der Waals surface area contributed by atoms with Crippen molar-refractivity contribution in [1.82, 2.24) is 4.98 Å². The van der Waals surface area contributed by atoms with Gasteiger partial charge in [-0.05, 0) is 64.1 Å². The molecule has 12 heteroatoms. The number of hydrogen-bond acceptors (Lipinski definition) is 7. The SMILES string of the molecule is CCOC1=CC(c2ccc(NC(=O)Nc3ccc(OC4(C)COC4)c(C(F)(F)F)c3)c(OC(C)C)n2)=CCC1=O. The summed E-state index contributed by atoms with van der Waals surface area (Å²) in [5.41, 5.74) is -0.618. The molecule has 1 aliphatic carbocycles. The maximum absolute atomic E-state index is 13.8. The second kappa shape index (κ2) is 11.6. The molecule has 40 heavy (non-hydrogen) atoms. The van der Waals surface area contributed by atoms with E-state index in [1.165, 1.54) is 12.1 Å². The number of ketones is 1. The van der Waals surface area contributed by atoms with E-state index < -0.39 is 23.4 Å². The van der Waals surface area contributed by atoms with Crippen LogP contribution < -0.4 is 20.1 Å². The Morgan fingerprint density at radius 3 is 2.55 bits per heavy atom. The van der Waals surface area contributed by atoms with Crippen molar-refractivity contribution in [2.24, 2.45) is 0 Å². The van der Waals surface area contributed by atoms with Crippen LogP contribution in [-0.4, -0.2) is 48.3 Å². The molecule has 0 bridgehead atoms. The number of ether oxygens (including phenoxy) is 4. The van der Waals surface area contributed by atoms with E-state index in [-0.39, 0.29) is 60.3 Å². The van der Waals surface area contributed by atoms with Crippen molar-refractivity contribution in [1.29, 1.82) is 0 Å². The number of alkyl halides is 3. The van der Waals surface area contributed by atoms with Gasteiger partial charge in [0.25, 0.3) is 0 Å². The van der Waals surface area contributed by atoms with Gasteiger partial charge in [0.2, 0.25) is 11.7 Å². The lowest BCUT2D eigenvalue weighted by Gasteiger charge is -2.38. The van der Waals surface area contributed by atoms with Crippen molar-refractivity contribution in [3.8, 4) is 11.6 Å². The largest absolute Gasteiger partial charge is 0.490 e. The van der Waals surface area contributed by atoms with Gasteiger partial charge in [-0.1, -0.05) is 6.08 Å². The number of carbonyl (C=O) groups excluding carboxylic acids is 2. The number of hydrogen-bond donors (Lipinski definition) is 2. The van der Waals surface area contributed by atoms with Gasteiger partial charge in [-0.25, -0.2) is 9.78 Å². The highest BCUT2D eigenvalue weighted by Crippen LogP contribution is 2.40. The highest BCUT2D eigenvalue weighted by atomic mass is 19.4. The molecule has 214 valence electrons. The fourth-order valence-electron chi connectivity index (χ4n) is 3.97. The third-order valence-corrected chi connectivity index (χ3v) is 5.83. The minimum atomic E-state index is -4.71. The van der Waals surface area contributed by atoms with Gasteiger partial charge in [-0.15, -0.1) is 0 Å². The van der Waals surface area contributed by atoms with Crippen LogP contribution in [0.1, 0.15) is 45.4 Å². The van der Waals surface area contributed by atoms with Crippen LogP contribution in [0.2, 0.25) is 0 Å². The molecular weight excluding hydrogens is 531 g/mol. The smallest absolute Gasteiger partial charge is 0.420 e. The molecule has 1 fully saturated rings. The standard InChI is InChI=1S/C28H30F3N3O6/c1-5-38-24-12-17(6-10-22(24)35)20-8-9-21(25(33-20)39-16(2)3)34-26(36)32-18-7-11-23(19(13-18)28(29,30)31)40-27(4)14-37-15-27/h6-9,11-13,16H,5,10,14-15H2,1-4H3,(H2,32,34,36). The average molecular weight is 562 g/mol. The molecule has 2 amide bonds. The van der Waals surface area contributed by atoms with Crippen molar-refractivity contribution in [2.45, 2.75) is 52.0 Å². The molecule has 4 rings (SSSR count). The molecule has 1 aromatic heterocycles. The zero-order valence-corrected chi connectivity index (χ0v) is 22.5. The van der Waals surface area contributed by atoms with E-state index in [1.807, 2.05) is 0 Å². The highest BCUT2D eigenvalue weighted by molar-refractivity contribution is 6.02. The van der Waals surface area contributed by atoms with E-state index in [0.29, 0.717) is 17.9 Å². The fourth-order valence-corrected chi connectivity index (χ4v) is 3.97. The first-order valence-corrected chi connectivity index (χ1v) is 12.7. The Morgan fingerprint density at radius 1 is 1.18 bits per heavy atom. The van der Waals surface area contributed by atoms with Gasteiger partial charge in [-0.2, -0.15) is 13.2 Å². The molecule has 1 saturated heterocycles. The normalized spacial score (nSPS) is 16.4. The molecule has 1 aliphatic heterocycles. The summed E-state index contributed by atoms with van der Waals surface area (Å²) in [5.74, 6) is -0.155. The zero-order chi connectivity index (χ0) is 29.1. The lowest BCUT2D eigenvalue weighted by Crippen LogP contribution is -2.51. The Labute approximate surface area is 229 Å². The number of allylic oxidation sites excluding steroid dienone is 4. The monoisotopic (exact) mass is 561 g/mol. The number of rotatable bonds is 9. The first kappa shape index (κ1) is 28.9. The zero-order valence-electron chi connectivity index (χ0n) is 22.5. The van der Waals surface area contributed by atoms with Crippen molar-refractivity contribution < 1.29 is 41.7 Å². The van der Waals surface area contributed by atoms with Crippen LogP contribution in [0.15, 0.2) is 48.2 Å². The molecule has 0 atom stereocenters. The molecule has 1 aromatic carbocycles. The summed E-state index contributed by atoms with van der Waals surface area (Å²) in [7, 11) is 0. The summed E-state index contributed by atoms with van der Waals surface area (Å²) in [5, 5.41) is 5.00. The van der Waals surface area contributed by atoms with Gasteiger partial charge >= 0.3 is 12.2 Å². The lowest BCUT2D eigenvalue weighted by molar-refractivity contribution is -0.160. The Bertz CT molecular complexity index is 1350. The molecule has 2 aliphatic rings. The second-order valence-electron chi connectivity index (χ2n) is 9.78. The summed E-state index contributed by atoms with van der Waals surface area (Å²) >= 11 is 0. The minimum Gasteiger partial charge on any atom is -0.490 e. The number of amides is 2. The summed E-state index contributed by atoms with van der Waals surface area (Å²) < 4.78 is 63.1. The number of carbonyl (C=O) groups is 2. The summed E-state index contributed by atoms with van der Waals surface area (Å²) in [6.07, 6.45) is -1.54. The van der Waals surface area contributed by atoms with Crippen LogP contribution in [-0.2, 0) is 20.4 Å². The Kier molecular flexibility index (Phi) is 8.38. The lowest BCUT2D eigenvalue weighted by atomic mass is 10.0. The van der Waals surface area contributed by atoms with E-state index in [0.717, 1.165) is 6.07 Å². The first-order valence-electron chi connectivity index (χ1n) is 12.7. The number of halogens is 3. The van der Waals surface area contributed by atoms with Crippen LogP contribution in [0.25, 0.3) is 5.57 Å². The molecule has 9 nitrogen and oxygen atoms in total. The van der Waals surface area contributed by atoms with Crippen molar-refractivity contribution >= 4 is 28.8 Å². The molecular formula is C28H30F3N3O6. The number of nitrogens with zero attached hydrogens (tertiary/aromatic N) is 1. The summed E-state index contributed by atoms with van der Waals surface area (Å²) in [6.45, 7) is 7.70. The van der Waals surface area contributed by atoms with Crippen LogP contribution >= 0.6 is 0 Å². The van der Waals surface area contributed by atoms with Gasteiger partial charge in [0.15, 0.2) is 11.4 Å². The maximum atomic E-state index is 13.8. The molecule has 2 N–H and O–H groups in total. The summed E-state index contributed by atoms with van der Waals surface area (Å²) in [4.78, 5) is 29.3. The number of Topliss-reactive ketones (excluding diaryl/α,β-unsaturated/α-hetero) is 1. The number of pyridine rings is 1. The predicted molar refractivity (Wildman–Crippen MR) is 141 cm³/mol. The Balaban J connectivity index is 1.53. The first-order chi connectivity index (χ1) is 18.9. The average Bonchev–Trinajstić information content (AvgIpc) is 2.85. The number of urea groups is 1. The van der Waals surface area contributed by atoms with E-state index in [9.17, 15) is 22.8 Å². The predicted octanol–water partition coefficient (Wildman–Crippen LogP) is 5.98. The number of nitrogens with one attached hydrogen (secondary N) is 2.